The second-order valence-electron chi connectivity index (χ2n) is 3.60. The monoisotopic (exact) mass is 245 g/mol. The lowest BCUT2D eigenvalue weighted by Crippen LogP contribution is -2.21. The highest BCUT2D eigenvalue weighted by Gasteiger charge is 2.09. The molecule has 0 aromatic heterocycles. The number of esters is 2. The maximum Gasteiger partial charge on any atom is 0.317 e. The molecule has 0 unspecified atom stereocenters. The van der Waals surface area contributed by atoms with Gasteiger partial charge < -0.3 is 14.8 Å². The third-order valence-corrected chi connectivity index (χ3v) is 2.11. The van der Waals surface area contributed by atoms with E-state index in [0.29, 0.717) is 0 Å². The van der Waals surface area contributed by atoms with E-state index in [2.05, 4.69) is 14.8 Å². The fraction of sp³-hybridized carbons (Fsp3) is 0.833. The lowest BCUT2D eigenvalue weighted by atomic mass is 10.2. The van der Waals surface area contributed by atoms with E-state index < -0.39 is 11.9 Å². The molecule has 1 saturated heterocycles. The van der Waals surface area contributed by atoms with Gasteiger partial charge in [-0.15, -0.1) is 0 Å². The maximum absolute atomic E-state index is 10.6. The van der Waals surface area contributed by atoms with Crippen molar-refractivity contribution in [3.05, 3.63) is 0 Å². The summed E-state index contributed by atoms with van der Waals surface area (Å²) < 4.78 is 9.04. The van der Waals surface area contributed by atoms with Crippen molar-refractivity contribution in [1.82, 2.24) is 5.32 Å². The summed E-state index contributed by atoms with van der Waals surface area (Å²) in [6.07, 6.45) is 3.93. The van der Waals surface area contributed by atoms with Crippen LogP contribution in [-0.4, -0.2) is 38.2 Å². The van der Waals surface area contributed by atoms with E-state index in [0.717, 1.165) is 0 Å². The van der Waals surface area contributed by atoms with Crippen molar-refractivity contribution in [3.8, 4) is 0 Å². The van der Waals surface area contributed by atoms with Gasteiger partial charge in [0.05, 0.1) is 13.2 Å². The summed E-state index contributed by atoms with van der Waals surface area (Å²) in [6.45, 7) is 6.45. The number of rotatable bonds is 4. The molecule has 0 aliphatic carbocycles. The standard InChI is InChI=1S/C7H12O4.C5H11N/c1-3-10-6(8)5-7(9)11-4-2;1-2-4-6-5-3-1/h3-5H2,1-2H3;6H,1-5H2. The molecule has 0 aromatic rings. The summed E-state index contributed by atoms with van der Waals surface area (Å²) in [5, 5.41) is 3.28. The minimum atomic E-state index is -0.536. The van der Waals surface area contributed by atoms with Gasteiger partial charge >= 0.3 is 11.9 Å². The molecule has 0 bridgehead atoms. The van der Waals surface area contributed by atoms with Crippen molar-refractivity contribution >= 4 is 11.9 Å². The summed E-state index contributed by atoms with van der Waals surface area (Å²) in [7, 11) is 0. The van der Waals surface area contributed by atoms with E-state index in [-0.39, 0.29) is 19.6 Å². The number of piperidine rings is 1. The fourth-order valence-electron chi connectivity index (χ4n) is 1.34. The van der Waals surface area contributed by atoms with E-state index >= 15 is 0 Å². The van der Waals surface area contributed by atoms with Crippen LogP contribution in [-0.2, 0) is 19.1 Å². The van der Waals surface area contributed by atoms with E-state index in [9.17, 15) is 9.59 Å². The molecule has 1 aliphatic rings. The second-order valence-corrected chi connectivity index (χ2v) is 3.60. The minimum Gasteiger partial charge on any atom is -0.466 e. The predicted molar refractivity (Wildman–Crippen MR) is 64.6 cm³/mol. The first-order chi connectivity index (χ1) is 8.20. The zero-order valence-corrected chi connectivity index (χ0v) is 10.8. The summed E-state index contributed by atoms with van der Waals surface area (Å²) in [6, 6.07) is 0. The van der Waals surface area contributed by atoms with Crippen LogP contribution in [0.3, 0.4) is 0 Å². The molecule has 5 nitrogen and oxygen atoms in total. The summed E-state index contributed by atoms with van der Waals surface area (Å²) in [5.74, 6) is -1.07. The molecule has 17 heavy (non-hydrogen) atoms. The van der Waals surface area contributed by atoms with Crippen LogP contribution in [0.5, 0.6) is 0 Å². The Balaban J connectivity index is 0.000000354. The van der Waals surface area contributed by atoms with E-state index in [1.54, 1.807) is 13.8 Å². The van der Waals surface area contributed by atoms with Crippen LogP contribution in [0.25, 0.3) is 0 Å². The van der Waals surface area contributed by atoms with Gasteiger partial charge in [0.2, 0.25) is 0 Å². The van der Waals surface area contributed by atoms with E-state index in [1.165, 1.54) is 32.4 Å². The van der Waals surface area contributed by atoms with Gasteiger partial charge in [-0.3, -0.25) is 9.59 Å². The first-order valence-electron chi connectivity index (χ1n) is 6.22. The van der Waals surface area contributed by atoms with Crippen LogP contribution in [0.1, 0.15) is 39.5 Å². The Hall–Kier alpha value is -1.10. The van der Waals surface area contributed by atoms with E-state index in [1.807, 2.05) is 0 Å². The maximum atomic E-state index is 10.6. The Morgan fingerprint density at radius 3 is 1.65 bits per heavy atom. The molecule has 0 spiro atoms. The lowest BCUT2D eigenvalue weighted by molar-refractivity contribution is -0.153. The first kappa shape index (κ1) is 15.9. The Bertz CT molecular complexity index is 187. The fourth-order valence-corrected chi connectivity index (χ4v) is 1.34. The Morgan fingerprint density at radius 2 is 1.41 bits per heavy atom. The SMILES string of the molecule is C1CCNCC1.CCOC(=O)CC(=O)OCC. The lowest BCUT2D eigenvalue weighted by Gasteiger charge is -2.08. The number of hydrogen-bond donors (Lipinski definition) is 1. The molecule has 100 valence electrons. The van der Waals surface area contributed by atoms with Crippen molar-refractivity contribution < 1.29 is 19.1 Å². The van der Waals surface area contributed by atoms with Crippen LogP contribution in [0.4, 0.5) is 0 Å². The van der Waals surface area contributed by atoms with Gasteiger partial charge in [-0.05, 0) is 39.8 Å². The highest BCUT2D eigenvalue weighted by atomic mass is 16.5. The number of carbonyl (C=O) groups is 2. The average Bonchev–Trinajstić information content (AvgIpc) is 2.32. The molecule has 1 N–H and O–H groups in total. The normalized spacial score (nSPS) is 14.2. The van der Waals surface area contributed by atoms with Gasteiger partial charge in [0.15, 0.2) is 0 Å². The molecule has 1 fully saturated rings. The van der Waals surface area contributed by atoms with Crippen molar-refractivity contribution in [2.75, 3.05) is 26.3 Å². The molecule has 0 aromatic carbocycles. The molecule has 1 aliphatic heterocycles. The third kappa shape index (κ3) is 11.2. The number of hydrogen-bond acceptors (Lipinski definition) is 5. The molecule has 0 atom stereocenters. The van der Waals surface area contributed by atoms with Gasteiger partial charge in [0.25, 0.3) is 0 Å². The first-order valence-corrected chi connectivity index (χ1v) is 6.22. The highest BCUT2D eigenvalue weighted by Crippen LogP contribution is 1.96. The van der Waals surface area contributed by atoms with Crippen LogP contribution in [0, 0.1) is 0 Å². The van der Waals surface area contributed by atoms with Crippen LogP contribution in [0.15, 0.2) is 0 Å². The summed E-state index contributed by atoms with van der Waals surface area (Å²) >= 11 is 0. The Labute approximate surface area is 103 Å². The van der Waals surface area contributed by atoms with Gasteiger partial charge in [-0.2, -0.15) is 0 Å². The van der Waals surface area contributed by atoms with Crippen molar-refractivity contribution in [1.29, 1.82) is 0 Å². The summed E-state index contributed by atoms with van der Waals surface area (Å²) in [5.41, 5.74) is 0. The molecular weight excluding hydrogens is 222 g/mol. The zero-order chi connectivity index (χ0) is 12.9. The van der Waals surface area contributed by atoms with E-state index in [4.69, 9.17) is 0 Å². The van der Waals surface area contributed by atoms with Crippen molar-refractivity contribution in [2.24, 2.45) is 0 Å². The Kier molecular flexibility index (Phi) is 10.7. The smallest absolute Gasteiger partial charge is 0.317 e. The van der Waals surface area contributed by atoms with Crippen LogP contribution < -0.4 is 5.32 Å². The number of ether oxygens (including phenoxy) is 2. The second kappa shape index (κ2) is 11.4. The number of nitrogens with one attached hydrogen (secondary N) is 1. The largest absolute Gasteiger partial charge is 0.466 e. The molecular formula is C12H23NO4. The van der Waals surface area contributed by atoms with Crippen LogP contribution in [0.2, 0.25) is 0 Å². The van der Waals surface area contributed by atoms with Crippen molar-refractivity contribution in [2.45, 2.75) is 39.5 Å². The van der Waals surface area contributed by atoms with Gasteiger partial charge in [0.1, 0.15) is 6.42 Å². The molecule has 0 radical (unpaired) electrons. The predicted octanol–water partition coefficient (Wildman–Crippen LogP) is 1.26. The van der Waals surface area contributed by atoms with Gasteiger partial charge in [-0.25, -0.2) is 0 Å². The quantitative estimate of drug-likeness (QED) is 0.596. The third-order valence-electron chi connectivity index (χ3n) is 2.11. The zero-order valence-electron chi connectivity index (χ0n) is 10.8. The van der Waals surface area contributed by atoms with Gasteiger partial charge in [0, 0.05) is 0 Å². The highest BCUT2D eigenvalue weighted by molar-refractivity contribution is 5.91. The molecule has 5 heteroatoms. The molecule has 0 amide bonds. The van der Waals surface area contributed by atoms with Crippen LogP contribution >= 0.6 is 0 Å². The Morgan fingerprint density at radius 1 is 0.941 bits per heavy atom. The molecule has 1 heterocycles. The molecule has 1 rings (SSSR count). The average molecular weight is 245 g/mol. The van der Waals surface area contributed by atoms with Gasteiger partial charge in [-0.1, -0.05) is 6.42 Å². The summed E-state index contributed by atoms with van der Waals surface area (Å²) in [4.78, 5) is 21.2. The topological polar surface area (TPSA) is 64.6 Å². The number of carbonyl (C=O) groups excluding carboxylic acids is 2. The molecule has 0 saturated carbocycles. The van der Waals surface area contributed by atoms with Crippen molar-refractivity contribution in [3.63, 3.8) is 0 Å². The minimum absolute atomic E-state index is 0.290.